The third-order valence-electron chi connectivity index (χ3n) is 2.05. The average Bonchev–Trinajstić information content (AvgIpc) is 2.51. The van der Waals surface area contributed by atoms with Gasteiger partial charge in [0.2, 0.25) is 0 Å². The molecule has 1 rings (SSSR count). The SMILES string of the molecule is CCc1ccc(C(C(=O)O)N(C)C)s1. The van der Waals surface area contributed by atoms with E-state index in [1.165, 1.54) is 4.88 Å². The first-order valence-corrected chi connectivity index (χ1v) is 5.35. The van der Waals surface area contributed by atoms with Crippen molar-refractivity contribution in [2.45, 2.75) is 19.4 Å². The molecular formula is C10H15NO2S. The summed E-state index contributed by atoms with van der Waals surface area (Å²) in [5.74, 6) is -0.792. The van der Waals surface area contributed by atoms with Gasteiger partial charge < -0.3 is 5.11 Å². The molecule has 0 aliphatic carbocycles. The highest BCUT2D eigenvalue weighted by Gasteiger charge is 2.23. The summed E-state index contributed by atoms with van der Waals surface area (Å²) in [5.41, 5.74) is 0. The highest BCUT2D eigenvalue weighted by molar-refractivity contribution is 7.12. The van der Waals surface area contributed by atoms with Gasteiger partial charge in [-0.05, 0) is 32.6 Å². The summed E-state index contributed by atoms with van der Waals surface area (Å²) in [7, 11) is 3.56. The summed E-state index contributed by atoms with van der Waals surface area (Å²) in [6, 6.07) is 3.39. The molecule has 0 spiro atoms. The third kappa shape index (κ3) is 2.33. The summed E-state index contributed by atoms with van der Waals surface area (Å²) in [4.78, 5) is 14.9. The van der Waals surface area contributed by atoms with Crippen molar-refractivity contribution in [3.63, 3.8) is 0 Å². The molecule has 1 atom stereocenters. The predicted molar refractivity (Wildman–Crippen MR) is 57.8 cm³/mol. The van der Waals surface area contributed by atoms with Gasteiger partial charge in [-0.1, -0.05) is 6.92 Å². The highest BCUT2D eigenvalue weighted by atomic mass is 32.1. The molecule has 1 N–H and O–H groups in total. The molecule has 78 valence electrons. The second kappa shape index (κ2) is 4.57. The first-order valence-electron chi connectivity index (χ1n) is 4.54. The van der Waals surface area contributed by atoms with E-state index in [-0.39, 0.29) is 0 Å². The minimum Gasteiger partial charge on any atom is -0.480 e. The van der Waals surface area contributed by atoms with Gasteiger partial charge in [-0.3, -0.25) is 9.69 Å². The molecule has 0 aromatic carbocycles. The second-order valence-electron chi connectivity index (χ2n) is 3.36. The number of carboxylic acid groups (broad SMARTS) is 1. The predicted octanol–water partition coefficient (Wildman–Crippen LogP) is 2.00. The fourth-order valence-electron chi connectivity index (χ4n) is 1.33. The molecule has 4 heteroatoms. The summed E-state index contributed by atoms with van der Waals surface area (Å²) >= 11 is 1.58. The topological polar surface area (TPSA) is 40.5 Å². The summed E-state index contributed by atoms with van der Waals surface area (Å²) in [6.45, 7) is 2.07. The Morgan fingerprint density at radius 2 is 2.21 bits per heavy atom. The zero-order valence-electron chi connectivity index (χ0n) is 8.65. The quantitative estimate of drug-likeness (QED) is 0.831. The van der Waals surface area contributed by atoms with Crippen LogP contribution in [0.25, 0.3) is 0 Å². The Hall–Kier alpha value is -0.870. The van der Waals surface area contributed by atoms with Crippen LogP contribution < -0.4 is 0 Å². The fraction of sp³-hybridized carbons (Fsp3) is 0.500. The van der Waals surface area contributed by atoms with E-state index >= 15 is 0 Å². The number of hydrogen-bond donors (Lipinski definition) is 1. The van der Waals surface area contributed by atoms with E-state index in [9.17, 15) is 4.79 Å². The van der Waals surface area contributed by atoms with Crippen molar-refractivity contribution < 1.29 is 9.90 Å². The molecule has 0 saturated heterocycles. The van der Waals surface area contributed by atoms with Gasteiger partial charge in [0.1, 0.15) is 6.04 Å². The van der Waals surface area contributed by atoms with E-state index < -0.39 is 12.0 Å². The van der Waals surface area contributed by atoms with Crippen LogP contribution in [0.5, 0.6) is 0 Å². The lowest BCUT2D eigenvalue weighted by Crippen LogP contribution is -2.26. The number of likely N-dealkylation sites (N-methyl/N-ethyl adjacent to an activating group) is 1. The van der Waals surface area contributed by atoms with Gasteiger partial charge in [0.05, 0.1) is 0 Å². The van der Waals surface area contributed by atoms with Crippen LogP contribution >= 0.6 is 11.3 Å². The van der Waals surface area contributed by atoms with Crippen molar-refractivity contribution in [2.75, 3.05) is 14.1 Å². The maximum atomic E-state index is 11.0. The number of aryl methyl sites for hydroxylation is 1. The molecular weight excluding hydrogens is 198 g/mol. The van der Waals surface area contributed by atoms with E-state index in [4.69, 9.17) is 5.11 Å². The van der Waals surface area contributed by atoms with E-state index in [0.717, 1.165) is 11.3 Å². The van der Waals surface area contributed by atoms with Crippen LogP contribution in [0.3, 0.4) is 0 Å². The van der Waals surface area contributed by atoms with Gasteiger partial charge in [-0.25, -0.2) is 0 Å². The number of carbonyl (C=O) groups is 1. The number of thiophene rings is 1. The van der Waals surface area contributed by atoms with E-state index in [0.29, 0.717) is 0 Å². The van der Waals surface area contributed by atoms with Crippen molar-refractivity contribution in [1.82, 2.24) is 4.90 Å². The monoisotopic (exact) mass is 213 g/mol. The highest BCUT2D eigenvalue weighted by Crippen LogP contribution is 2.26. The number of hydrogen-bond acceptors (Lipinski definition) is 3. The van der Waals surface area contributed by atoms with E-state index in [1.807, 2.05) is 12.1 Å². The molecule has 3 nitrogen and oxygen atoms in total. The summed E-state index contributed by atoms with van der Waals surface area (Å²) < 4.78 is 0. The number of rotatable bonds is 4. The Labute approximate surface area is 88.0 Å². The molecule has 1 unspecified atom stereocenters. The van der Waals surface area contributed by atoms with E-state index in [1.54, 1.807) is 30.3 Å². The fourth-order valence-corrected chi connectivity index (χ4v) is 2.47. The maximum Gasteiger partial charge on any atom is 0.326 e. The van der Waals surface area contributed by atoms with Crippen LogP contribution in [0.1, 0.15) is 22.7 Å². The number of carboxylic acids is 1. The molecule has 14 heavy (non-hydrogen) atoms. The van der Waals surface area contributed by atoms with Crippen LogP contribution in [-0.2, 0) is 11.2 Å². The molecule has 1 aromatic rings. The molecule has 0 fully saturated rings. The Kier molecular flexibility index (Phi) is 3.66. The van der Waals surface area contributed by atoms with Crippen molar-refractivity contribution in [2.24, 2.45) is 0 Å². The van der Waals surface area contributed by atoms with Gasteiger partial charge in [0, 0.05) is 9.75 Å². The molecule has 0 bridgehead atoms. The average molecular weight is 213 g/mol. The van der Waals surface area contributed by atoms with Gasteiger partial charge in [-0.15, -0.1) is 11.3 Å². The minimum atomic E-state index is -0.792. The standard InChI is InChI=1S/C10H15NO2S/c1-4-7-5-6-8(14-7)9(10(12)13)11(2)3/h5-6,9H,4H2,1-3H3,(H,12,13). The Bertz CT molecular complexity index is 320. The lowest BCUT2D eigenvalue weighted by Gasteiger charge is -2.18. The van der Waals surface area contributed by atoms with Gasteiger partial charge in [0.25, 0.3) is 0 Å². The Balaban J connectivity index is 2.93. The van der Waals surface area contributed by atoms with Crippen LogP contribution in [0.15, 0.2) is 12.1 Å². The first-order chi connectivity index (χ1) is 6.56. The normalized spacial score (nSPS) is 13.1. The molecule has 0 amide bonds. The van der Waals surface area contributed by atoms with Crippen molar-refractivity contribution >= 4 is 17.3 Å². The minimum absolute atomic E-state index is 0.514. The van der Waals surface area contributed by atoms with E-state index in [2.05, 4.69) is 6.92 Å². The van der Waals surface area contributed by atoms with Gasteiger partial charge in [0.15, 0.2) is 0 Å². The van der Waals surface area contributed by atoms with Crippen LogP contribution in [0.2, 0.25) is 0 Å². The van der Waals surface area contributed by atoms with Gasteiger partial charge >= 0.3 is 5.97 Å². The largest absolute Gasteiger partial charge is 0.480 e. The van der Waals surface area contributed by atoms with Gasteiger partial charge in [-0.2, -0.15) is 0 Å². The van der Waals surface area contributed by atoms with Crippen molar-refractivity contribution in [3.05, 3.63) is 21.9 Å². The molecule has 0 aliphatic rings. The van der Waals surface area contributed by atoms with Crippen molar-refractivity contribution in [1.29, 1.82) is 0 Å². The van der Waals surface area contributed by atoms with Crippen LogP contribution in [-0.4, -0.2) is 30.1 Å². The van der Waals surface area contributed by atoms with Crippen LogP contribution in [0, 0.1) is 0 Å². The second-order valence-corrected chi connectivity index (χ2v) is 4.56. The Morgan fingerprint density at radius 1 is 1.57 bits per heavy atom. The zero-order valence-corrected chi connectivity index (χ0v) is 9.47. The lowest BCUT2D eigenvalue weighted by molar-refractivity contribution is -0.142. The number of aliphatic carboxylic acids is 1. The maximum absolute atomic E-state index is 11.0. The summed E-state index contributed by atoms with van der Waals surface area (Å²) in [6.07, 6.45) is 0.963. The number of nitrogens with zero attached hydrogens (tertiary/aromatic N) is 1. The lowest BCUT2D eigenvalue weighted by atomic mass is 10.2. The Morgan fingerprint density at radius 3 is 2.57 bits per heavy atom. The zero-order chi connectivity index (χ0) is 10.7. The molecule has 1 heterocycles. The molecule has 0 aliphatic heterocycles. The molecule has 0 saturated carbocycles. The smallest absolute Gasteiger partial charge is 0.326 e. The van der Waals surface area contributed by atoms with Crippen molar-refractivity contribution in [3.8, 4) is 0 Å². The molecule has 1 aromatic heterocycles. The third-order valence-corrected chi connectivity index (χ3v) is 3.33. The summed E-state index contributed by atoms with van der Waals surface area (Å²) in [5, 5.41) is 9.04. The molecule has 0 radical (unpaired) electrons. The first kappa shape index (κ1) is 11.2. The van der Waals surface area contributed by atoms with Crippen LogP contribution in [0.4, 0.5) is 0 Å².